The normalized spacial score (nSPS) is 13.5. The van der Waals surface area contributed by atoms with Gasteiger partial charge < -0.3 is 16.8 Å². The van der Waals surface area contributed by atoms with Crippen LogP contribution in [0.3, 0.4) is 0 Å². The Hall–Kier alpha value is -1.92. The largest absolute Gasteiger partial charge is 0.375 e. The molecule has 6 heteroatoms. The van der Waals surface area contributed by atoms with E-state index in [4.69, 9.17) is 11.5 Å². The quantitative estimate of drug-likeness (QED) is 0.678. The molecule has 0 saturated carbocycles. The molecular weight excluding hydrogens is 296 g/mol. The maximum absolute atomic E-state index is 12.2. The van der Waals surface area contributed by atoms with E-state index in [2.05, 4.69) is 10.3 Å². The number of hydrogen-bond acceptors (Lipinski definition) is 5. The molecule has 2 aromatic rings. The van der Waals surface area contributed by atoms with Crippen LogP contribution in [0.1, 0.15) is 24.6 Å². The molecule has 1 aromatic carbocycles. The van der Waals surface area contributed by atoms with Crippen LogP contribution < -0.4 is 16.8 Å². The molecule has 1 unspecified atom stereocenters. The summed E-state index contributed by atoms with van der Waals surface area (Å²) in [6.45, 7) is 2.34. The maximum atomic E-state index is 12.2. The number of nitrogens with zero attached hydrogens (tertiary/aromatic N) is 1. The molecule has 5 nitrogen and oxygen atoms in total. The highest BCUT2D eigenvalue weighted by Crippen LogP contribution is 2.13. The molecule has 0 radical (unpaired) electrons. The van der Waals surface area contributed by atoms with Crippen LogP contribution in [0.15, 0.2) is 35.7 Å². The molecule has 22 heavy (non-hydrogen) atoms. The highest BCUT2D eigenvalue weighted by molar-refractivity contribution is 7.13. The van der Waals surface area contributed by atoms with Crippen molar-refractivity contribution in [2.75, 3.05) is 12.3 Å². The molecule has 0 bridgehead atoms. The second-order valence-electron chi connectivity index (χ2n) is 5.62. The van der Waals surface area contributed by atoms with Gasteiger partial charge in [-0.3, -0.25) is 4.79 Å². The second kappa shape index (κ2) is 7.38. The van der Waals surface area contributed by atoms with E-state index >= 15 is 0 Å². The van der Waals surface area contributed by atoms with Crippen LogP contribution in [-0.2, 0) is 17.6 Å². The van der Waals surface area contributed by atoms with Gasteiger partial charge in [0.15, 0.2) is 5.13 Å². The summed E-state index contributed by atoms with van der Waals surface area (Å²) >= 11 is 1.43. The zero-order valence-corrected chi connectivity index (χ0v) is 13.5. The van der Waals surface area contributed by atoms with Gasteiger partial charge in [-0.1, -0.05) is 30.3 Å². The molecule has 1 atom stereocenters. The third-order valence-corrected chi connectivity index (χ3v) is 4.12. The molecule has 0 aliphatic rings. The van der Waals surface area contributed by atoms with E-state index in [-0.39, 0.29) is 5.91 Å². The minimum absolute atomic E-state index is 0.130. The summed E-state index contributed by atoms with van der Waals surface area (Å²) in [6.07, 6.45) is 2.13. The molecule has 118 valence electrons. The summed E-state index contributed by atoms with van der Waals surface area (Å²) in [5, 5.41) is 5.42. The highest BCUT2D eigenvalue weighted by atomic mass is 32.1. The van der Waals surface area contributed by atoms with Gasteiger partial charge in [0.2, 0.25) is 5.91 Å². The molecule has 0 fully saturated rings. The summed E-state index contributed by atoms with van der Waals surface area (Å²) in [5.41, 5.74) is 12.8. The maximum Gasteiger partial charge on any atom is 0.240 e. The lowest BCUT2D eigenvalue weighted by molar-refractivity contribution is -0.125. The summed E-state index contributed by atoms with van der Waals surface area (Å²) in [4.78, 5) is 16.4. The molecule has 0 spiro atoms. The van der Waals surface area contributed by atoms with Crippen molar-refractivity contribution in [3.8, 4) is 0 Å². The number of thiazole rings is 1. The first-order valence-corrected chi connectivity index (χ1v) is 8.16. The van der Waals surface area contributed by atoms with Crippen LogP contribution in [0.4, 0.5) is 5.13 Å². The lowest BCUT2D eigenvalue weighted by Crippen LogP contribution is -2.53. The van der Waals surface area contributed by atoms with Crippen LogP contribution >= 0.6 is 11.3 Å². The Bertz CT molecular complexity index is 610. The van der Waals surface area contributed by atoms with E-state index in [0.29, 0.717) is 18.1 Å². The van der Waals surface area contributed by atoms with E-state index in [0.717, 1.165) is 24.1 Å². The van der Waals surface area contributed by atoms with E-state index in [1.807, 2.05) is 35.7 Å². The highest BCUT2D eigenvalue weighted by Gasteiger charge is 2.28. The minimum Gasteiger partial charge on any atom is -0.375 e. The summed E-state index contributed by atoms with van der Waals surface area (Å²) in [5.74, 6) is -0.130. The number of benzene rings is 1. The van der Waals surface area contributed by atoms with Gasteiger partial charge >= 0.3 is 0 Å². The number of anilines is 1. The Morgan fingerprint density at radius 2 is 2.09 bits per heavy atom. The first-order valence-electron chi connectivity index (χ1n) is 7.28. The van der Waals surface area contributed by atoms with Crippen molar-refractivity contribution in [1.82, 2.24) is 10.3 Å². The molecule has 0 saturated heterocycles. The number of hydrogen-bond donors (Lipinski definition) is 3. The van der Waals surface area contributed by atoms with Gasteiger partial charge in [-0.05, 0) is 31.7 Å². The van der Waals surface area contributed by atoms with Crippen molar-refractivity contribution in [3.05, 3.63) is 47.0 Å². The van der Waals surface area contributed by atoms with Gasteiger partial charge in [-0.25, -0.2) is 4.98 Å². The van der Waals surface area contributed by atoms with E-state index in [9.17, 15) is 4.79 Å². The molecule has 1 heterocycles. The van der Waals surface area contributed by atoms with Crippen LogP contribution in [-0.4, -0.2) is 23.0 Å². The molecule has 1 amide bonds. The predicted molar refractivity (Wildman–Crippen MR) is 90.6 cm³/mol. The smallest absolute Gasteiger partial charge is 0.240 e. The summed E-state index contributed by atoms with van der Waals surface area (Å²) in [7, 11) is 0. The number of nitrogens with two attached hydrogens (primary N) is 2. The fourth-order valence-corrected chi connectivity index (χ4v) is 2.81. The Labute approximate surface area is 134 Å². The van der Waals surface area contributed by atoms with Crippen molar-refractivity contribution in [1.29, 1.82) is 0 Å². The second-order valence-corrected chi connectivity index (χ2v) is 6.51. The molecule has 1 aromatic heterocycles. The number of amides is 1. The first-order chi connectivity index (χ1) is 10.5. The standard InChI is InChI=1S/C16H22N4OS/c1-16(18,10-12-6-3-2-4-7-12)14(21)19-9-5-8-13-11-22-15(17)20-13/h2-4,6-7,11H,5,8-10,18H2,1H3,(H2,17,20)(H,19,21). The van der Waals surface area contributed by atoms with Gasteiger partial charge in [0.1, 0.15) is 0 Å². The van der Waals surface area contributed by atoms with Gasteiger partial charge in [0, 0.05) is 11.9 Å². The monoisotopic (exact) mass is 318 g/mol. The minimum atomic E-state index is -0.910. The Balaban J connectivity index is 1.75. The molecular formula is C16H22N4OS. The van der Waals surface area contributed by atoms with Gasteiger partial charge in [0.25, 0.3) is 0 Å². The average molecular weight is 318 g/mol. The Kier molecular flexibility index (Phi) is 5.51. The SMILES string of the molecule is CC(N)(Cc1ccccc1)C(=O)NCCCc1csc(N)n1. The molecule has 0 aliphatic heterocycles. The number of carbonyl (C=O) groups is 1. The zero-order valence-electron chi connectivity index (χ0n) is 12.7. The average Bonchev–Trinajstić information content (AvgIpc) is 2.89. The molecule has 5 N–H and O–H groups in total. The Morgan fingerprint density at radius 1 is 1.36 bits per heavy atom. The van der Waals surface area contributed by atoms with Crippen molar-refractivity contribution in [2.45, 2.75) is 31.7 Å². The van der Waals surface area contributed by atoms with E-state index in [1.54, 1.807) is 6.92 Å². The fourth-order valence-electron chi connectivity index (χ4n) is 2.21. The predicted octanol–water partition coefficient (Wildman–Crippen LogP) is 1.73. The topological polar surface area (TPSA) is 94.0 Å². The van der Waals surface area contributed by atoms with Gasteiger partial charge in [-0.15, -0.1) is 11.3 Å². The molecule has 2 rings (SSSR count). The van der Waals surface area contributed by atoms with Crippen LogP contribution in [0, 0.1) is 0 Å². The van der Waals surface area contributed by atoms with Gasteiger partial charge in [-0.2, -0.15) is 0 Å². The number of aryl methyl sites for hydroxylation is 1. The number of carbonyl (C=O) groups excluding carboxylic acids is 1. The third-order valence-electron chi connectivity index (χ3n) is 3.40. The Morgan fingerprint density at radius 3 is 2.73 bits per heavy atom. The number of rotatable bonds is 7. The van der Waals surface area contributed by atoms with Crippen molar-refractivity contribution >= 4 is 22.4 Å². The fraction of sp³-hybridized carbons (Fsp3) is 0.375. The van der Waals surface area contributed by atoms with Crippen molar-refractivity contribution in [2.24, 2.45) is 5.73 Å². The number of nitrogens with one attached hydrogen (secondary N) is 1. The number of aromatic nitrogens is 1. The lowest BCUT2D eigenvalue weighted by atomic mass is 9.93. The van der Waals surface area contributed by atoms with Crippen molar-refractivity contribution in [3.63, 3.8) is 0 Å². The zero-order chi connectivity index (χ0) is 16.0. The third kappa shape index (κ3) is 4.82. The van der Waals surface area contributed by atoms with Crippen LogP contribution in [0.25, 0.3) is 0 Å². The number of nitrogen functional groups attached to an aromatic ring is 1. The lowest BCUT2D eigenvalue weighted by Gasteiger charge is -2.23. The van der Waals surface area contributed by atoms with Gasteiger partial charge in [0.05, 0.1) is 11.2 Å². The summed E-state index contributed by atoms with van der Waals surface area (Å²) < 4.78 is 0. The van der Waals surface area contributed by atoms with Crippen molar-refractivity contribution < 1.29 is 4.79 Å². The van der Waals surface area contributed by atoms with Crippen LogP contribution in [0.2, 0.25) is 0 Å². The summed E-state index contributed by atoms with van der Waals surface area (Å²) in [6, 6.07) is 9.80. The molecule has 0 aliphatic carbocycles. The van der Waals surface area contributed by atoms with E-state index in [1.165, 1.54) is 11.3 Å². The van der Waals surface area contributed by atoms with Crippen LogP contribution in [0.5, 0.6) is 0 Å². The first kappa shape index (κ1) is 16.5. The van der Waals surface area contributed by atoms with E-state index < -0.39 is 5.54 Å².